The second kappa shape index (κ2) is 13.3. The van der Waals surface area contributed by atoms with E-state index in [1.165, 1.54) is 71.3 Å². The number of para-hydroxylation sites is 1. The Kier molecular flexibility index (Phi) is 8.13. The molecule has 0 fully saturated rings. The summed E-state index contributed by atoms with van der Waals surface area (Å²) >= 11 is 0. The van der Waals surface area contributed by atoms with Gasteiger partial charge in [-0.05, 0) is 119 Å². The van der Waals surface area contributed by atoms with Gasteiger partial charge in [0.05, 0.1) is 0 Å². The summed E-state index contributed by atoms with van der Waals surface area (Å²) in [5.41, 5.74) is 12.1. The van der Waals surface area contributed by atoms with Crippen molar-refractivity contribution in [1.29, 1.82) is 0 Å². The van der Waals surface area contributed by atoms with Crippen LogP contribution >= 0.6 is 0 Å². The van der Waals surface area contributed by atoms with Crippen molar-refractivity contribution in [3.8, 4) is 33.4 Å². The van der Waals surface area contributed by atoms with Crippen molar-refractivity contribution in [2.24, 2.45) is 0 Å². The first kappa shape index (κ1) is 32.5. The van der Waals surface area contributed by atoms with E-state index >= 15 is 0 Å². The molecule has 0 heterocycles. The van der Waals surface area contributed by atoms with E-state index in [0.29, 0.717) is 0 Å². The van der Waals surface area contributed by atoms with Gasteiger partial charge in [0.1, 0.15) is 0 Å². The Labute approximate surface area is 312 Å². The van der Waals surface area contributed by atoms with Crippen LogP contribution in [0.1, 0.15) is 26.3 Å². The van der Waals surface area contributed by atoms with Crippen LogP contribution in [0.15, 0.2) is 194 Å². The molecule has 9 aromatic carbocycles. The molecule has 0 amide bonds. The molecule has 1 heteroatoms. The van der Waals surface area contributed by atoms with Crippen molar-refractivity contribution in [3.05, 3.63) is 200 Å². The fourth-order valence-corrected chi connectivity index (χ4v) is 8.01. The predicted molar refractivity (Wildman–Crippen MR) is 229 cm³/mol. The summed E-state index contributed by atoms with van der Waals surface area (Å²) in [5.74, 6) is 0. The lowest BCUT2D eigenvalue weighted by atomic mass is 9.81. The Hall–Kier alpha value is -6.44. The summed E-state index contributed by atoms with van der Waals surface area (Å²) in [6, 6.07) is 71.0. The predicted octanol–water partition coefficient (Wildman–Crippen LogP) is 14.9. The zero-order valence-corrected chi connectivity index (χ0v) is 30.4. The van der Waals surface area contributed by atoms with E-state index in [4.69, 9.17) is 0 Å². The Bertz CT molecular complexity index is 2710. The van der Waals surface area contributed by atoms with Gasteiger partial charge >= 0.3 is 0 Å². The number of benzene rings is 9. The van der Waals surface area contributed by atoms with Gasteiger partial charge in [-0.25, -0.2) is 0 Å². The Balaban J connectivity index is 1.42. The lowest BCUT2D eigenvalue weighted by Gasteiger charge is -2.28. The molecule has 9 rings (SSSR count). The molecule has 0 saturated heterocycles. The Morgan fingerprint density at radius 2 is 0.811 bits per heavy atom. The fourth-order valence-electron chi connectivity index (χ4n) is 8.01. The number of nitrogens with zero attached hydrogens (tertiary/aromatic N) is 1. The first-order valence-corrected chi connectivity index (χ1v) is 18.5. The average molecular weight is 680 g/mol. The third-order valence-electron chi connectivity index (χ3n) is 10.6. The SMILES string of the molecule is CC(C)(C)c1ccc(N(c2ccccc2)c2ccc3c(c2)c2ccccc2c2c(-c4ccccc4)cc(-c4ccccc4)c(-c4ccccc4)c32)cc1. The van der Waals surface area contributed by atoms with Crippen LogP contribution in [-0.4, -0.2) is 0 Å². The van der Waals surface area contributed by atoms with E-state index in [9.17, 15) is 0 Å². The molecule has 0 bridgehead atoms. The molecular weight excluding hydrogens is 639 g/mol. The maximum atomic E-state index is 2.43. The van der Waals surface area contributed by atoms with Crippen molar-refractivity contribution in [3.63, 3.8) is 0 Å². The molecule has 0 aromatic heterocycles. The minimum absolute atomic E-state index is 0.0761. The standard InChI is InChI=1S/C52H41N/c1-52(2,3)39-28-30-41(31-29-39)53(40-24-14-7-15-25-40)42-32-33-45-48(34-42)43-26-16-17-27-44(43)50-47(37-20-10-5-11-21-37)35-46(36-18-8-4-9-19-36)49(51(45)50)38-22-12-6-13-23-38/h4-35H,1-3H3. The number of anilines is 3. The fraction of sp³-hybridized carbons (Fsp3) is 0.0769. The van der Waals surface area contributed by atoms with Gasteiger partial charge in [-0.3, -0.25) is 0 Å². The van der Waals surface area contributed by atoms with Crippen LogP contribution < -0.4 is 4.90 Å². The Morgan fingerprint density at radius 1 is 0.340 bits per heavy atom. The van der Waals surface area contributed by atoms with Crippen LogP contribution in [-0.2, 0) is 5.41 Å². The molecular formula is C52H41N. The van der Waals surface area contributed by atoms with Gasteiger partial charge in [-0.15, -0.1) is 0 Å². The summed E-state index contributed by atoms with van der Waals surface area (Å²) in [6.45, 7) is 6.81. The van der Waals surface area contributed by atoms with Gasteiger partial charge in [-0.1, -0.05) is 172 Å². The first-order valence-electron chi connectivity index (χ1n) is 18.5. The molecule has 0 aliphatic heterocycles. The van der Waals surface area contributed by atoms with Crippen molar-refractivity contribution in [2.45, 2.75) is 26.2 Å². The molecule has 0 atom stereocenters. The van der Waals surface area contributed by atoms with Gasteiger partial charge < -0.3 is 4.90 Å². The summed E-state index contributed by atoms with van der Waals surface area (Å²) in [5, 5.41) is 7.53. The van der Waals surface area contributed by atoms with E-state index in [1.807, 2.05) is 0 Å². The summed E-state index contributed by atoms with van der Waals surface area (Å²) in [7, 11) is 0. The minimum atomic E-state index is 0.0761. The first-order chi connectivity index (χ1) is 26.0. The topological polar surface area (TPSA) is 3.24 Å². The van der Waals surface area contributed by atoms with Crippen molar-refractivity contribution in [1.82, 2.24) is 0 Å². The zero-order valence-electron chi connectivity index (χ0n) is 30.4. The average Bonchev–Trinajstić information content (AvgIpc) is 3.21. The highest BCUT2D eigenvalue weighted by atomic mass is 15.1. The lowest BCUT2D eigenvalue weighted by molar-refractivity contribution is 0.590. The second-order valence-corrected chi connectivity index (χ2v) is 14.9. The van der Waals surface area contributed by atoms with E-state index in [1.54, 1.807) is 0 Å². The van der Waals surface area contributed by atoms with Crippen LogP contribution in [0.5, 0.6) is 0 Å². The van der Waals surface area contributed by atoms with Crippen LogP contribution in [0, 0.1) is 0 Å². The van der Waals surface area contributed by atoms with E-state index in [2.05, 4.69) is 220 Å². The molecule has 1 nitrogen and oxygen atoms in total. The largest absolute Gasteiger partial charge is 0.310 e. The maximum absolute atomic E-state index is 2.43. The van der Waals surface area contributed by atoms with Gasteiger partial charge in [0.2, 0.25) is 0 Å². The van der Waals surface area contributed by atoms with Gasteiger partial charge in [-0.2, -0.15) is 0 Å². The maximum Gasteiger partial charge on any atom is 0.0468 e. The molecule has 53 heavy (non-hydrogen) atoms. The van der Waals surface area contributed by atoms with E-state index < -0.39 is 0 Å². The highest BCUT2D eigenvalue weighted by Crippen LogP contribution is 2.50. The van der Waals surface area contributed by atoms with Crippen molar-refractivity contribution in [2.75, 3.05) is 4.90 Å². The van der Waals surface area contributed by atoms with Crippen molar-refractivity contribution < 1.29 is 0 Å². The molecule has 0 unspecified atom stereocenters. The molecule has 0 aliphatic rings. The quantitative estimate of drug-likeness (QED) is 0.158. The van der Waals surface area contributed by atoms with Crippen LogP contribution in [0.25, 0.3) is 65.7 Å². The second-order valence-electron chi connectivity index (χ2n) is 14.9. The third kappa shape index (κ3) is 5.85. The minimum Gasteiger partial charge on any atom is -0.310 e. The number of fused-ring (bicyclic) bond motifs is 6. The molecule has 9 aromatic rings. The molecule has 0 aliphatic carbocycles. The third-order valence-corrected chi connectivity index (χ3v) is 10.6. The summed E-state index contributed by atoms with van der Waals surface area (Å²) in [6.07, 6.45) is 0. The molecule has 0 N–H and O–H groups in total. The normalized spacial score (nSPS) is 11.7. The van der Waals surface area contributed by atoms with Crippen LogP contribution in [0.4, 0.5) is 17.1 Å². The van der Waals surface area contributed by atoms with Crippen LogP contribution in [0.2, 0.25) is 0 Å². The summed E-state index contributed by atoms with van der Waals surface area (Å²) < 4.78 is 0. The molecule has 0 spiro atoms. The molecule has 0 radical (unpaired) electrons. The van der Waals surface area contributed by atoms with Gasteiger partial charge in [0, 0.05) is 17.1 Å². The highest BCUT2D eigenvalue weighted by Gasteiger charge is 2.23. The zero-order chi connectivity index (χ0) is 35.9. The molecule has 254 valence electrons. The molecule has 0 saturated carbocycles. The van der Waals surface area contributed by atoms with Gasteiger partial charge in [0.25, 0.3) is 0 Å². The highest BCUT2D eigenvalue weighted by molar-refractivity contribution is 6.33. The van der Waals surface area contributed by atoms with Crippen molar-refractivity contribution >= 4 is 49.4 Å². The number of hydrogen-bond acceptors (Lipinski definition) is 1. The lowest BCUT2D eigenvalue weighted by Crippen LogP contribution is -2.13. The van der Waals surface area contributed by atoms with E-state index in [-0.39, 0.29) is 5.41 Å². The Morgan fingerprint density at radius 3 is 1.42 bits per heavy atom. The van der Waals surface area contributed by atoms with Crippen LogP contribution in [0.3, 0.4) is 0 Å². The summed E-state index contributed by atoms with van der Waals surface area (Å²) in [4.78, 5) is 2.39. The van der Waals surface area contributed by atoms with Gasteiger partial charge in [0.15, 0.2) is 0 Å². The number of hydrogen-bond donors (Lipinski definition) is 0. The van der Waals surface area contributed by atoms with E-state index in [0.717, 1.165) is 17.1 Å². The monoisotopic (exact) mass is 679 g/mol. The number of rotatable bonds is 6. The smallest absolute Gasteiger partial charge is 0.0468 e.